The summed E-state index contributed by atoms with van der Waals surface area (Å²) in [6.45, 7) is 8.35. The van der Waals surface area contributed by atoms with Crippen LogP contribution in [0.25, 0.3) is 11.3 Å². The third-order valence-electron chi connectivity index (χ3n) is 4.27. The van der Waals surface area contributed by atoms with Crippen LogP contribution in [-0.4, -0.2) is 33.1 Å². The van der Waals surface area contributed by atoms with E-state index >= 15 is 0 Å². The molecule has 3 rings (SSSR count). The van der Waals surface area contributed by atoms with Gasteiger partial charge in [0.25, 0.3) is 0 Å². The van der Waals surface area contributed by atoms with Crippen molar-refractivity contribution in [3.8, 4) is 11.3 Å². The summed E-state index contributed by atoms with van der Waals surface area (Å²) >= 11 is 6.04. The van der Waals surface area contributed by atoms with Crippen LogP contribution in [0.4, 0.5) is 4.79 Å². The number of nitrogens with one attached hydrogen (secondary N) is 1. The van der Waals surface area contributed by atoms with Crippen LogP contribution in [-0.2, 0) is 4.74 Å². The standard InChI is InChI=1S/C19H24ClN3O2/c1-12-10-13(20)7-8-14(12)15-11-21-17(22-15)16-6-5-9-23(16)18(24)25-19(2,3)4/h7-8,10-11,16H,5-6,9H2,1-4H3,(H,21,22)/t16-/m0/s1. The van der Waals surface area contributed by atoms with E-state index in [9.17, 15) is 4.79 Å². The SMILES string of the molecule is Cc1cc(Cl)ccc1-c1cnc([C@@H]2CCCN2C(=O)OC(C)(C)C)[nH]1. The Morgan fingerprint density at radius 2 is 2.16 bits per heavy atom. The Hall–Kier alpha value is -2.01. The molecule has 0 unspecified atom stereocenters. The summed E-state index contributed by atoms with van der Waals surface area (Å²) in [6.07, 6.45) is 3.36. The Kier molecular flexibility index (Phi) is 4.78. The normalized spacial score (nSPS) is 17.8. The molecular formula is C19H24ClN3O2. The van der Waals surface area contributed by atoms with E-state index in [1.54, 1.807) is 4.90 Å². The second-order valence-corrected chi connectivity index (χ2v) is 7.91. The fourth-order valence-corrected chi connectivity index (χ4v) is 3.39. The molecule has 1 aromatic carbocycles. The average molecular weight is 362 g/mol. The van der Waals surface area contributed by atoms with Crippen molar-refractivity contribution in [3.05, 3.63) is 40.8 Å². The number of aryl methyl sites for hydroxylation is 1. The molecule has 0 radical (unpaired) electrons. The third-order valence-corrected chi connectivity index (χ3v) is 4.51. The smallest absolute Gasteiger partial charge is 0.410 e. The number of halogens is 1. The number of aromatic amines is 1. The van der Waals surface area contributed by atoms with Crippen LogP contribution in [0, 0.1) is 6.92 Å². The lowest BCUT2D eigenvalue weighted by molar-refractivity contribution is 0.0219. The lowest BCUT2D eigenvalue weighted by Crippen LogP contribution is -2.36. The first-order valence-corrected chi connectivity index (χ1v) is 8.93. The van der Waals surface area contributed by atoms with E-state index in [-0.39, 0.29) is 12.1 Å². The predicted molar refractivity (Wildman–Crippen MR) is 98.7 cm³/mol. The van der Waals surface area contributed by atoms with Crippen molar-refractivity contribution < 1.29 is 9.53 Å². The third kappa shape index (κ3) is 3.98. The van der Waals surface area contributed by atoms with Crippen molar-refractivity contribution in [1.82, 2.24) is 14.9 Å². The minimum absolute atomic E-state index is 0.0730. The molecule has 134 valence electrons. The van der Waals surface area contributed by atoms with E-state index in [0.29, 0.717) is 11.6 Å². The highest BCUT2D eigenvalue weighted by Gasteiger charge is 2.34. The van der Waals surface area contributed by atoms with Gasteiger partial charge in [-0.25, -0.2) is 9.78 Å². The number of aromatic nitrogens is 2. The second-order valence-electron chi connectivity index (χ2n) is 7.47. The maximum absolute atomic E-state index is 12.5. The van der Waals surface area contributed by atoms with Gasteiger partial charge in [-0.1, -0.05) is 17.7 Å². The maximum atomic E-state index is 12.5. The van der Waals surface area contributed by atoms with Gasteiger partial charge in [0.1, 0.15) is 11.4 Å². The zero-order valence-corrected chi connectivity index (χ0v) is 15.9. The average Bonchev–Trinajstić information content (AvgIpc) is 3.14. The van der Waals surface area contributed by atoms with E-state index in [4.69, 9.17) is 16.3 Å². The van der Waals surface area contributed by atoms with Gasteiger partial charge in [-0.05, 0) is 58.2 Å². The molecule has 5 nitrogen and oxygen atoms in total. The first-order valence-electron chi connectivity index (χ1n) is 8.55. The lowest BCUT2D eigenvalue weighted by Gasteiger charge is -2.27. The summed E-state index contributed by atoms with van der Waals surface area (Å²) in [7, 11) is 0. The zero-order chi connectivity index (χ0) is 18.2. The Bertz CT molecular complexity index is 779. The number of amides is 1. The first kappa shape index (κ1) is 17.8. The van der Waals surface area contributed by atoms with Crippen molar-refractivity contribution in [2.75, 3.05) is 6.54 Å². The number of likely N-dealkylation sites (tertiary alicyclic amines) is 1. The molecule has 1 N–H and O–H groups in total. The Morgan fingerprint density at radius 1 is 1.40 bits per heavy atom. The van der Waals surface area contributed by atoms with Crippen LogP contribution in [0.5, 0.6) is 0 Å². The van der Waals surface area contributed by atoms with Gasteiger partial charge in [-0.15, -0.1) is 0 Å². The molecule has 25 heavy (non-hydrogen) atoms. The molecule has 6 heteroatoms. The fraction of sp³-hybridized carbons (Fsp3) is 0.474. The number of benzene rings is 1. The summed E-state index contributed by atoms with van der Waals surface area (Å²) in [5.74, 6) is 0.799. The minimum Gasteiger partial charge on any atom is -0.444 e. The van der Waals surface area contributed by atoms with Gasteiger partial charge in [0.2, 0.25) is 0 Å². The van der Waals surface area contributed by atoms with Crippen molar-refractivity contribution in [3.63, 3.8) is 0 Å². The van der Waals surface area contributed by atoms with Crippen LogP contribution in [0.15, 0.2) is 24.4 Å². The molecule has 1 aliphatic rings. The molecular weight excluding hydrogens is 338 g/mol. The van der Waals surface area contributed by atoms with Crippen molar-refractivity contribution in [2.24, 2.45) is 0 Å². The van der Waals surface area contributed by atoms with E-state index < -0.39 is 5.60 Å². The number of nitrogens with zero attached hydrogens (tertiary/aromatic N) is 2. The Balaban J connectivity index is 1.82. The van der Waals surface area contributed by atoms with Crippen LogP contribution in [0.3, 0.4) is 0 Å². The summed E-state index contributed by atoms with van der Waals surface area (Å²) in [6, 6.07) is 5.71. The summed E-state index contributed by atoms with van der Waals surface area (Å²) in [5, 5.41) is 0.716. The number of hydrogen-bond donors (Lipinski definition) is 1. The summed E-state index contributed by atoms with van der Waals surface area (Å²) < 4.78 is 5.53. The van der Waals surface area contributed by atoms with Crippen LogP contribution in [0.2, 0.25) is 5.02 Å². The van der Waals surface area contributed by atoms with Gasteiger partial charge in [0, 0.05) is 17.1 Å². The number of imidazole rings is 1. The highest BCUT2D eigenvalue weighted by molar-refractivity contribution is 6.30. The number of rotatable bonds is 2. The van der Waals surface area contributed by atoms with Gasteiger partial charge in [0.05, 0.1) is 17.9 Å². The molecule has 2 aromatic rings. The first-order chi connectivity index (χ1) is 11.7. The number of hydrogen-bond acceptors (Lipinski definition) is 3. The van der Waals surface area contributed by atoms with Gasteiger partial charge < -0.3 is 9.72 Å². The molecule has 1 amide bonds. The van der Waals surface area contributed by atoms with Gasteiger partial charge >= 0.3 is 6.09 Å². The molecule has 1 atom stereocenters. The summed E-state index contributed by atoms with van der Waals surface area (Å²) in [5.41, 5.74) is 2.57. The van der Waals surface area contributed by atoms with Crippen molar-refractivity contribution in [2.45, 2.75) is 52.2 Å². The number of carbonyl (C=O) groups excluding carboxylic acids is 1. The number of carbonyl (C=O) groups is 1. The van der Waals surface area contributed by atoms with Gasteiger partial charge in [0.15, 0.2) is 0 Å². The van der Waals surface area contributed by atoms with E-state index in [1.165, 1.54) is 0 Å². The monoisotopic (exact) mass is 361 g/mol. The van der Waals surface area contributed by atoms with Gasteiger partial charge in [-0.2, -0.15) is 0 Å². The molecule has 1 fully saturated rings. The summed E-state index contributed by atoms with van der Waals surface area (Å²) in [4.78, 5) is 22.1. The molecule has 0 spiro atoms. The van der Waals surface area contributed by atoms with E-state index in [1.807, 2.05) is 52.1 Å². The van der Waals surface area contributed by atoms with Crippen molar-refractivity contribution in [1.29, 1.82) is 0 Å². The zero-order valence-electron chi connectivity index (χ0n) is 15.1. The number of H-pyrrole nitrogens is 1. The topological polar surface area (TPSA) is 58.2 Å². The largest absolute Gasteiger partial charge is 0.444 e. The van der Waals surface area contributed by atoms with E-state index in [2.05, 4.69) is 9.97 Å². The molecule has 1 aliphatic heterocycles. The molecule has 0 aliphatic carbocycles. The van der Waals surface area contributed by atoms with Crippen LogP contribution >= 0.6 is 11.6 Å². The highest BCUT2D eigenvalue weighted by atomic mass is 35.5. The molecule has 2 heterocycles. The Labute approximate surface area is 153 Å². The quantitative estimate of drug-likeness (QED) is 0.808. The fourth-order valence-electron chi connectivity index (χ4n) is 3.16. The predicted octanol–water partition coefficient (Wildman–Crippen LogP) is 5.11. The van der Waals surface area contributed by atoms with E-state index in [0.717, 1.165) is 35.5 Å². The highest BCUT2D eigenvalue weighted by Crippen LogP contribution is 2.33. The van der Waals surface area contributed by atoms with Crippen LogP contribution in [0.1, 0.15) is 51.0 Å². The molecule has 0 bridgehead atoms. The maximum Gasteiger partial charge on any atom is 0.410 e. The van der Waals surface area contributed by atoms with Crippen molar-refractivity contribution >= 4 is 17.7 Å². The van der Waals surface area contributed by atoms with Crippen LogP contribution < -0.4 is 0 Å². The Morgan fingerprint density at radius 3 is 2.84 bits per heavy atom. The molecule has 1 aromatic heterocycles. The minimum atomic E-state index is -0.501. The molecule has 0 saturated carbocycles. The lowest BCUT2D eigenvalue weighted by atomic mass is 10.1. The second kappa shape index (κ2) is 6.71. The van der Waals surface area contributed by atoms with Gasteiger partial charge in [-0.3, -0.25) is 4.90 Å². The molecule has 1 saturated heterocycles. The number of ether oxygens (including phenoxy) is 1.